The fourth-order valence-electron chi connectivity index (χ4n) is 2.19. The Morgan fingerprint density at radius 2 is 1.52 bits per heavy atom. The van der Waals surface area contributed by atoms with Gasteiger partial charge in [0.2, 0.25) is 0 Å². The lowest BCUT2D eigenvalue weighted by molar-refractivity contribution is -0.114. The third kappa shape index (κ3) is 5.98. The van der Waals surface area contributed by atoms with Gasteiger partial charge in [0.1, 0.15) is 28.3 Å². The molecule has 1 unspecified atom stereocenters. The predicted octanol–water partition coefficient (Wildman–Crippen LogP) is 2.33. The van der Waals surface area contributed by atoms with Crippen molar-refractivity contribution >= 4 is 40.8 Å². The van der Waals surface area contributed by atoms with Crippen LogP contribution in [-0.4, -0.2) is 24.7 Å². The molecule has 142 valence electrons. The quantitative estimate of drug-likeness (QED) is 0.381. The maximum atomic E-state index is 11.9. The Morgan fingerprint density at radius 1 is 1.00 bits per heavy atom. The van der Waals surface area contributed by atoms with Gasteiger partial charge in [-0.05, 0) is 47.5 Å². The summed E-state index contributed by atoms with van der Waals surface area (Å²) in [5.74, 6) is 0.620. The highest BCUT2D eigenvalue weighted by molar-refractivity contribution is 7.93. The molecule has 0 bridgehead atoms. The number of carbonyl (C=O) groups is 1. The van der Waals surface area contributed by atoms with Crippen LogP contribution >= 0.6 is 0 Å². The van der Waals surface area contributed by atoms with E-state index in [2.05, 4.69) is 4.72 Å². The molecule has 0 fully saturated rings. The highest BCUT2D eigenvalue weighted by atomic mass is 32.2. The second-order valence-corrected chi connectivity index (χ2v) is 6.47. The van der Waals surface area contributed by atoms with E-state index >= 15 is 0 Å². The Kier molecular flexibility index (Phi) is 7.16. The van der Waals surface area contributed by atoms with Crippen molar-refractivity contribution in [3.05, 3.63) is 59.0 Å². The molecule has 7 nitrogen and oxygen atoms in total. The first-order valence-electron chi connectivity index (χ1n) is 7.87. The number of methoxy groups -OCH3 is 2. The van der Waals surface area contributed by atoms with Crippen molar-refractivity contribution < 1.29 is 18.8 Å². The van der Waals surface area contributed by atoms with Crippen molar-refractivity contribution in [1.82, 2.24) is 4.72 Å². The molecule has 5 N–H and O–H groups in total. The average Bonchev–Trinajstić information content (AvgIpc) is 2.65. The Bertz CT molecular complexity index is 868. The number of nitrogens with two attached hydrogens (primary N) is 2. The zero-order valence-electron chi connectivity index (χ0n) is 15.0. The van der Waals surface area contributed by atoms with E-state index in [1.807, 2.05) is 0 Å². The second-order valence-electron chi connectivity index (χ2n) is 5.40. The monoisotopic (exact) mass is 387 g/mol. The van der Waals surface area contributed by atoms with Crippen LogP contribution < -0.4 is 25.7 Å². The van der Waals surface area contributed by atoms with E-state index in [9.17, 15) is 9.35 Å². The number of hydrogen-bond acceptors (Lipinski definition) is 6. The maximum absolute atomic E-state index is 11.9. The van der Waals surface area contributed by atoms with Crippen LogP contribution in [-0.2, 0) is 16.2 Å². The van der Waals surface area contributed by atoms with E-state index in [1.54, 1.807) is 48.6 Å². The Balaban J connectivity index is 1.93. The average molecular weight is 387 g/mol. The molecule has 0 aliphatic rings. The molecule has 0 heterocycles. The van der Waals surface area contributed by atoms with Gasteiger partial charge in [0.05, 0.1) is 25.6 Å². The van der Waals surface area contributed by atoms with Gasteiger partial charge in [-0.1, -0.05) is 12.1 Å². The number of anilines is 2. The van der Waals surface area contributed by atoms with Crippen LogP contribution in [0, 0.1) is 0 Å². The summed E-state index contributed by atoms with van der Waals surface area (Å²) in [6, 6.07) is 10.3. The zero-order chi connectivity index (χ0) is 19.8. The third-order valence-electron chi connectivity index (χ3n) is 3.52. The van der Waals surface area contributed by atoms with Gasteiger partial charge in [0, 0.05) is 6.08 Å². The number of carbonyl (C=O) groups excluding carboxylic acids is 1. The van der Waals surface area contributed by atoms with Crippen molar-refractivity contribution in [2.75, 3.05) is 25.7 Å². The molecular formula is C19H21N3O4S. The molecule has 1 amide bonds. The molecule has 0 saturated carbocycles. The number of ether oxygens (including phenoxy) is 2. The Morgan fingerprint density at radius 3 is 2.00 bits per heavy atom. The van der Waals surface area contributed by atoms with Crippen molar-refractivity contribution in [3.8, 4) is 11.5 Å². The van der Waals surface area contributed by atoms with Gasteiger partial charge in [0.25, 0.3) is 5.91 Å². The van der Waals surface area contributed by atoms with E-state index < -0.39 is 17.3 Å². The van der Waals surface area contributed by atoms with Gasteiger partial charge >= 0.3 is 0 Å². The van der Waals surface area contributed by atoms with Gasteiger partial charge in [0.15, 0.2) is 0 Å². The fourth-order valence-corrected chi connectivity index (χ4v) is 2.81. The molecule has 0 radical (unpaired) electrons. The first-order chi connectivity index (χ1) is 12.9. The zero-order valence-corrected chi connectivity index (χ0v) is 15.8. The van der Waals surface area contributed by atoms with Gasteiger partial charge in [-0.3, -0.25) is 4.79 Å². The van der Waals surface area contributed by atoms with Crippen LogP contribution in [0.3, 0.4) is 0 Å². The van der Waals surface area contributed by atoms with Crippen LogP contribution in [0.2, 0.25) is 0 Å². The van der Waals surface area contributed by atoms with Gasteiger partial charge in [-0.2, -0.15) is 4.72 Å². The van der Waals surface area contributed by atoms with Crippen LogP contribution in [0.25, 0.3) is 12.2 Å². The van der Waals surface area contributed by atoms with Crippen molar-refractivity contribution in [3.63, 3.8) is 0 Å². The molecule has 0 aromatic heterocycles. The Labute approximate surface area is 161 Å². The maximum Gasteiger partial charge on any atom is 0.285 e. The highest BCUT2D eigenvalue weighted by Crippen LogP contribution is 2.23. The molecule has 0 spiro atoms. The minimum absolute atomic E-state index is 0.463. The summed E-state index contributed by atoms with van der Waals surface area (Å²) in [6.07, 6.45) is 4.44. The summed E-state index contributed by atoms with van der Waals surface area (Å²) >= 11 is -1.68. The molecular weight excluding hydrogens is 366 g/mol. The van der Waals surface area contributed by atoms with Crippen molar-refractivity contribution in [2.24, 2.45) is 0 Å². The number of nitrogens with one attached hydrogen (secondary N) is 1. The molecule has 0 aliphatic carbocycles. The second kappa shape index (κ2) is 9.56. The van der Waals surface area contributed by atoms with Gasteiger partial charge < -0.3 is 25.5 Å². The van der Waals surface area contributed by atoms with E-state index in [-0.39, 0.29) is 0 Å². The molecule has 1 atom stereocenters. The molecule has 8 heteroatoms. The van der Waals surface area contributed by atoms with Gasteiger partial charge in [-0.15, -0.1) is 0 Å². The van der Waals surface area contributed by atoms with Crippen LogP contribution in [0.4, 0.5) is 11.4 Å². The standard InChI is InChI=1S/C19H21N3O4S/c1-25-17-6-3-13(11-15(17)20)5-8-19(23)22-27(24)10-9-14-4-7-18(26-2)16(21)12-14/h3-12H,20-21H2,1-2H3,(H,22,23)/b8-5+,10-9+. The molecule has 2 aromatic carbocycles. The van der Waals surface area contributed by atoms with Crippen LogP contribution in [0.1, 0.15) is 11.1 Å². The smallest absolute Gasteiger partial charge is 0.285 e. The first-order valence-corrected chi connectivity index (χ1v) is 9.08. The number of nitrogen functional groups attached to an aromatic ring is 2. The highest BCUT2D eigenvalue weighted by Gasteiger charge is 2.07. The lowest BCUT2D eigenvalue weighted by Crippen LogP contribution is -2.26. The van der Waals surface area contributed by atoms with E-state index in [0.717, 1.165) is 11.1 Å². The molecule has 0 aliphatic heterocycles. The van der Waals surface area contributed by atoms with Crippen LogP contribution in [0.15, 0.2) is 47.9 Å². The number of hydrogen-bond donors (Lipinski definition) is 3. The summed E-state index contributed by atoms with van der Waals surface area (Å²) < 4.78 is 24.4. The first kappa shape index (κ1) is 20.2. The number of rotatable bonds is 7. The lowest BCUT2D eigenvalue weighted by Gasteiger charge is -2.06. The molecule has 27 heavy (non-hydrogen) atoms. The normalized spacial score (nSPS) is 12.3. The SMILES string of the molecule is COc1ccc(/C=C/C(=O)N[S+]([O-])/C=C/c2ccc(OC)c(N)c2)cc1N. The van der Waals surface area contributed by atoms with Crippen molar-refractivity contribution in [1.29, 1.82) is 0 Å². The summed E-state index contributed by atoms with van der Waals surface area (Å²) in [5.41, 5.74) is 14.0. The summed E-state index contributed by atoms with van der Waals surface area (Å²) in [6.45, 7) is 0. The van der Waals surface area contributed by atoms with Crippen molar-refractivity contribution in [2.45, 2.75) is 0 Å². The topological polar surface area (TPSA) is 123 Å². The fraction of sp³-hybridized carbons (Fsp3) is 0.105. The largest absolute Gasteiger partial charge is 0.588 e. The third-order valence-corrected chi connectivity index (χ3v) is 4.31. The minimum atomic E-state index is -1.68. The lowest BCUT2D eigenvalue weighted by atomic mass is 10.2. The number of benzene rings is 2. The Hall–Kier alpha value is -3.10. The van der Waals surface area contributed by atoms with E-state index in [4.69, 9.17) is 20.9 Å². The van der Waals surface area contributed by atoms with E-state index in [0.29, 0.717) is 22.9 Å². The summed E-state index contributed by atoms with van der Waals surface area (Å²) in [5, 5.41) is 1.36. The minimum Gasteiger partial charge on any atom is -0.588 e. The number of amides is 1. The summed E-state index contributed by atoms with van der Waals surface area (Å²) in [4.78, 5) is 11.9. The van der Waals surface area contributed by atoms with E-state index in [1.165, 1.54) is 25.7 Å². The molecule has 0 saturated heterocycles. The van der Waals surface area contributed by atoms with Gasteiger partial charge in [-0.25, -0.2) is 0 Å². The summed E-state index contributed by atoms with van der Waals surface area (Å²) in [7, 11) is 3.05. The molecule has 2 aromatic rings. The van der Waals surface area contributed by atoms with Crippen LogP contribution in [0.5, 0.6) is 11.5 Å². The molecule has 2 rings (SSSR count). The predicted molar refractivity (Wildman–Crippen MR) is 109 cm³/mol.